The molecule has 0 amide bonds. The van der Waals surface area contributed by atoms with Gasteiger partial charge < -0.3 is 10.2 Å². The van der Waals surface area contributed by atoms with Gasteiger partial charge in [0.2, 0.25) is 0 Å². The first-order valence-electron chi connectivity index (χ1n) is 4.08. The molecule has 0 bridgehead atoms. The van der Waals surface area contributed by atoms with Crippen molar-refractivity contribution in [2.75, 3.05) is 0 Å². The Morgan fingerprint density at radius 2 is 2.00 bits per heavy atom. The molecule has 0 aliphatic rings. The molecule has 1 aromatic rings. The highest BCUT2D eigenvalue weighted by Crippen LogP contribution is 2.21. The lowest BCUT2D eigenvalue weighted by atomic mass is 10.1. The highest BCUT2D eigenvalue weighted by molar-refractivity contribution is 9.10. The topological polar surface area (TPSA) is 40.5 Å². The number of aliphatic hydroxyl groups excluding tert-OH is 1. The number of benzene rings is 1. The standard InChI is InChI=1S/C8H9BrO2/c9-8-6(4-10)2-1-3-7(8)5-11/h1-3,10-11H,4-5H2/i4D2. The van der Waals surface area contributed by atoms with Gasteiger partial charge in [0.05, 0.1) is 15.9 Å². The Morgan fingerprint density at radius 3 is 2.55 bits per heavy atom. The zero-order chi connectivity index (χ0) is 10.1. The summed E-state index contributed by atoms with van der Waals surface area (Å²) in [5, 5.41) is 18.0. The van der Waals surface area contributed by atoms with Gasteiger partial charge in [0, 0.05) is 4.47 Å². The van der Waals surface area contributed by atoms with E-state index in [1.807, 2.05) is 0 Å². The smallest absolute Gasteiger partial charge is 0.0692 e. The van der Waals surface area contributed by atoms with Gasteiger partial charge in [0.1, 0.15) is 0 Å². The molecule has 0 aliphatic heterocycles. The minimum Gasteiger partial charge on any atom is -0.392 e. The Kier molecular flexibility index (Phi) is 2.16. The second-order valence-electron chi connectivity index (χ2n) is 2.05. The van der Waals surface area contributed by atoms with Crippen LogP contribution in [-0.4, -0.2) is 10.2 Å². The Morgan fingerprint density at radius 1 is 1.36 bits per heavy atom. The molecule has 0 spiro atoms. The molecule has 60 valence electrons. The minimum atomic E-state index is -2.38. The molecule has 0 atom stereocenters. The van der Waals surface area contributed by atoms with E-state index in [0.29, 0.717) is 10.0 Å². The number of hydrogen-bond donors (Lipinski definition) is 2. The van der Waals surface area contributed by atoms with Gasteiger partial charge in [0.15, 0.2) is 0 Å². The maximum Gasteiger partial charge on any atom is 0.0692 e. The Hall–Kier alpha value is -0.380. The highest BCUT2D eigenvalue weighted by Gasteiger charge is 2.02. The Balaban J connectivity index is 3.24. The lowest BCUT2D eigenvalue weighted by molar-refractivity contribution is 0.274. The molecule has 0 heterocycles. The normalized spacial score (nSPS) is 14.1. The van der Waals surface area contributed by atoms with Crippen LogP contribution >= 0.6 is 15.9 Å². The summed E-state index contributed by atoms with van der Waals surface area (Å²) in [6.07, 6.45) is 0. The van der Waals surface area contributed by atoms with Crippen LogP contribution in [0, 0.1) is 0 Å². The van der Waals surface area contributed by atoms with Crippen LogP contribution in [0.5, 0.6) is 0 Å². The van der Waals surface area contributed by atoms with Crippen molar-refractivity contribution in [1.29, 1.82) is 0 Å². The summed E-state index contributed by atoms with van der Waals surface area (Å²) < 4.78 is 14.6. The molecule has 0 saturated carbocycles. The first kappa shape index (κ1) is 6.17. The van der Waals surface area contributed by atoms with E-state index in [4.69, 9.17) is 13.0 Å². The average molecular weight is 219 g/mol. The van der Waals surface area contributed by atoms with E-state index in [0.717, 1.165) is 0 Å². The van der Waals surface area contributed by atoms with Crippen LogP contribution in [0.25, 0.3) is 0 Å². The second-order valence-corrected chi connectivity index (χ2v) is 2.84. The molecule has 0 fully saturated rings. The van der Waals surface area contributed by atoms with E-state index in [-0.39, 0.29) is 12.2 Å². The van der Waals surface area contributed by atoms with Crippen LogP contribution in [0.1, 0.15) is 13.9 Å². The SMILES string of the molecule is [2H]C([2H])(O)c1cccc(CO)c1Br. The van der Waals surface area contributed by atoms with Gasteiger partial charge in [-0.2, -0.15) is 0 Å². The molecule has 1 rings (SSSR count). The van der Waals surface area contributed by atoms with Crippen LogP contribution in [-0.2, 0) is 13.2 Å². The van der Waals surface area contributed by atoms with E-state index in [1.165, 1.54) is 6.07 Å². The maximum atomic E-state index is 9.11. The first-order valence-corrected chi connectivity index (χ1v) is 3.87. The van der Waals surface area contributed by atoms with Crippen LogP contribution in [0.2, 0.25) is 0 Å². The fraction of sp³-hybridized carbons (Fsp3) is 0.250. The number of hydrogen-bond acceptors (Lipinski definition) is 2. The Bertz CT molecular complexity index is 310. The average Bonchev–Trinajstić information content (AvgIpc) is 2.02. The largest absolute Gasteiger partial charge is 0.392 e. The van der Waals surface area contributed by atoms with Gasteiger partial charge in [-0.05, 0) is 11.1 Å². The van der Waals surface area contributed by atoms with E-state index < -0.39 is 6.56 Å². The predicted octanol–water partition coefficient (Wildman–Crippen LogP) is 1.43. The predicted molar refractivity (Wildman–Crippen MR) is 46.0 cm³/mol. The highest BCUT2D eigenvalue weighted by atomic mass is 79.9. The fourth-order valence-corrected chi connectivity index (χ4v) is 1.27. The Labute approximate surface area is 76.4 Å². The summed E-state index contributed by atoms with van der Waals surface area (Å²) in [6.45, 7) is -2.57. The lowest BCUT2D eigenvalue weighted by Gasteiger charge is -2.04. The number of rotatable bonds is 2. The number of aliphatic hydroxyl groups is 2. The monoisotopic (exact) mass is 218 g/mol. The van der Waals surface area contributed by atoms with Gasteiger partial charge in [-0.15, -0.1) is 0 Å². The molecule has 0 radical (unpaired) electrons. The maximum absolute atomic E-state index is 9.11. The molecule has 0 saturated heterocycles. The van der Waals surface area contributed by atoms with Gasteiger partial charge in [-0.25, -0.2) is 0 Å². The summed E-state index contributed by atoms with van der Waals surface area (Å²) in [5.41, 5.74) is 0.675. The molecule has 1 aromatic carbocycles. The van der Waals surface area contributed by atoms with Gasteiger partial charge in [-0.1, -0.05) is 34.1 Å². The van der Waals surface area contributed by atoms with Crippen molar-refractivity contribution in [1.82, 2.24) is 0 Å². The zero-order valence-electron chi connectivity index (χ0n) is 7.71. The van der Waals surface area contributed by atoms with Crippen molar-refractivity contribution in [3.63, 3.8) is 0 Å². The summed E-state index contributed by atoms with van der Waals surface area (Å²) >= 11 is 3.12. The van der Waals surface area contributed by atoms with Crippen LogP contribution < -0.4 is 0 Å². The molecule has 11 heavy (non-hydrogen) atoms. The summed E-state index contributed by atoms with van der Waals surface area (Å²) in [7, 11) is 0. The molecular formula is C8H9BrO2. The van der Waals surface area contributed by atoms with Crippen LogP contribution in [0.3, 0.4) is 0 Å². The fourth-order valence-electron chi connectivity index (χ4n) is 0.788. The minimum absolute atomic E-state index is 0.124. The molecule has 0 unspecified atom stereocenters. The van der Waals surface area contributed by atoms with Crippen molar-refractivity contribution >= 4 is 15.9 Å². The van der Waals surface area contributed by atoms with Crippen molar-refractivity contribution < 1.29 is 13.0 Å². The zero-order valence-corrected chi connectivity index (χ0v) is 7.30. The summed E-state index contributed by atoms with van der Waals surface area (Å²) in [6, 6.07) is 4.70. The van der Waals surface area contributed by atoms with Crippen molar-refractivity contribution in [3.05, 3.63) is 33.8 Å². The second kappa shape index (κ2) is 3.85. The molecule has 2 nitrogen and oxygen atoms in total. The quantitative estimate of drug-likeness (QED) is 0.789. The van der Waals surface area contributed by atoms with Crippen molar-refractivity contribution in [2.45, 2.75) is 13.2 Å². The van der Waals surface area contributed by atoms with E-state index in [9.17, 15) is 0 Å². The van der Waals surface area contributed by atoms with E-state index in [1.54, 1.807) is 12.1 Å². The number of halogens is 1. The van der Waals surface area contributed by atoms with E-state index in [2.05, 4.69) is 15.9 Å². The molecule has 0 aromatic heterocycles. The molecule has 0 aliphatic carbocycles. The molecule has 2 N–H and O–H groups in total. The van der Waals surface area contributed by atoms with Crippen molar-refractivity contribution in [3.8, 4) is 0 Å². The van der Waals surface area contributed by atoms with Gasteiger partial charge >= 0.3 is 0 Å². The van der Waals surface area contributed by atoms with Crippen molar-refractivity contribution in [2.24, 2.45) is 0 Å². The molecular weight excluding hydrogens is 208 g/mol. The summed E-state index contributed by atoms with van der Waals surface area (Å²) in [4.78, 5) is 0. The van der Waals surface area contributed by atoms with E-state index >= 15 is 0 Å². The third-order valence-corrected chi connectivity index (χ3v) is 2.31. The van der Waals surface area contributed by atoms with Crippen LogP contribution in [0.4, 0.5) is 0 Å². The molecule has 3 heteroatoms. The summed E-state index contributed by atoms with van der Waals surface area (Å²) in [5.74, 6) is 0. The van der Waals surface area contributed by atoms with Crippen LogP contribution in [0.15, 0.2) is 22.7 Å². The first-order chi connectivity index (χ1) is 5.96. The van der Waals surface area contributed by atoms with Gasteiger partial charge in [0.25, 0.3) is 0 Å². The van der Waals surface area contributed by atoms with Gasteiger partial charge in [-0.3, -0.25) is 0 Å². The lowest BCUT2D eigenvalue weighted by Crippen LogP contribution is -1.91. The third kappa shape index (κ3) is 1.80. The third-order valence-electron chi connectivity index (χ3n) is 1.37.